The van der Waals surface area contributed by atoms with Gasteiger partial charge in [0.1, 0.15) is 0 Å². The van der Waals surface area contributed by atoms with Crippen LogP contribution >= 0.6 is 0 Å². The van der Waals surface area contributed by atoms with Gasteiger partial charge in [-0.25, -0.2) is 0 Å². The molecule has 0 radical (unpaired) electrons. The molecule has 3 heteroatoms. The maximum absolute atomic E-state index is 12.6. The second-order valence-electron chi connectivity index (χ2n) is 6.38. The SMILES string of the molecule is NCCCN(C(=O)CC1CCCCC1)C1CCCC1. The van der Waals surface area contributed by atoms with Crippen molar-refractivity contribution in [2.24, 2.45) is 11.7 Å². The molecule has 19 heavy (non-hydrogen) atoms. The molecule has 2 fully saturated rings. The van der Waals surface area contributed by atoms with Gasteiger partial charge in [-0.2, -0.15) is 0 Å². The van der Waals surface area contributed by atoms with E-state index in [0.717, 1.165) is 19.4 Å². The van der Waals surface area contributed by atoms with Gasteiger partial charge in [0, 0.05) is 19.0 Å². The molecular formula is C16H30N2O. The van der Waals surface area contributed by atoms with Gasteiger partial charge >= 0.3 is 0 Å². The van der Waals surface area contributed by atoms with Crippen molar-refractivity contribution in [3.63, 3.8) is 0 Å². The normalized spacial score (nSPS) is 21.7. The summed E-state index contributed by atoms with van der Waals surface area (Å²) < 4.78 is 0. The quantitative estimate of drug-likeness (QED) is 0.803. The van der Waals surface area contributed by atoms with Gasteiger partial charge in [0.05, 0.1) is 0 Å². The summed E-state index contributed by atoms with van der Waals surface area (Å²) in [6, 6.07) is 0.516. The Morgan fingerprint density at radius 3 is 2.26 bits per heavy atom. The summed E-state index contributed by atoms with van der Waals surface area (Å²) in [5.41, 5.74) is 5.62. The Morgan fingerprint density at radius 2 is 1.63 bits per heavy atom. The van der Waals surface area contributed by atoms with E-state index < -0.39 is 0 Å². The fraction of sp³-hybridized carbons (Fsp3) is 0.938. The van der Waals surface area contributed by atoms with Crippen LogP contribution in [0, 0.1) is 5.92 Å². The standard InChI is InChI=1S/C16H30N2O/c17-11-6-12-18(15-9-4-5-10-15)16(19)13-14-7-2-1-3-8-14/h14-15H,1-13,17H2. The summed E-state index contributed by atoms with van der Waals surface area (Å²) in [6.45, 7) is 1.58. The van der Waals surface area contributed by atoms with Gasteiger partial charge < -0.3 is 10.6 Å². The second kappa shape index (κ2) is 7.88. The van der Waals surface area contributed by atoms with Crippen LogP contribution in [-0.4, -0.2) is 29.9 Å². The van der Waals surface area contributed by atoms with Crippen LogP contribution in [0.5, 0.6) is 0 Å². The highest BCUT2D eigenvalue weighted by Gasteiger charge is 2.28. The van der Waals surface area contributed by atoms with Crippen LogP contribution in [-0.2, 0) is 4.79 Å². The molecular weight excluding hydrogens is 236 g/mol. The molecule has 0 atom stereocenters. The number of rotatable bonds is 6. The van der Waals surface area contributed by atoms with Crippen molar-refractivity contribution in [3.8, 4) is 0 Å². The van der Waals surface area contributed by atoms with E-state index in [2.05, 4.69) is 4.90 Å². The first-order chi connectivity index (χ1) is 9.31. The van der Waals surface area contributed by atoms with E-state index in [9.17, 15) is 4.79 Å². The van der Waals surface area contributed by atoms with Gasteiger partial charge in [-0.15, -0.1) is 0 Å². The molecule has 0 aromatic carbocycles. The zero-order valence-corrected chi connectivity index (χ0v) is 12.3. The van der Waals surface area contributed by atoms with Crippen molar-refractivity contribution in [2.45, 2.75) is 76.7 Å². The lowest BCUT2D eigenvalue weighted by molar-refractivity contribution is -0.134. The largest absolute Gasteiger partial charge is 0.340 e. The summed E-state index contributed by atoms with van der Waals surface area (Å²) in [5.74, 6) is 1.07. The van der Waals surface area contributed by atoms with E-state index in [1.807, 2.05) is 0 Å². The molecule has 1 amide bonds. The van der Waals surface area contributed by atoms with Gasteiger partial charge in [0.15, 0.2) is 0 Å². The van der Waals surface area contributed by atoms with Gasteiger partial charge in [0.2, 0.25) is 5.91 Å². The average molecular weight is 266 g/mol. The number of nitrogens with two attached hydrogens (primary N) is 1. The first kappa shape index (κ1) is 14.8. The minimum absolute atomic E-state index is 0.409. The van der Waals surface area contributed by atoms with E-state index in [4.69, 9.17) is 5.73 Å². The Balaban J connectivity index is 1.86. The molecule has 2 rings (SSSR count). The Bertz CT molecular complexity index is 268. The van der Waals surface area contributed by atoms with Crippen molar-refractivity contribution >= 4 is 5.91 Å². The summed E-state index contributed by atoms with van der Waals surface area (Å²) in [6.07, 6.45) is 13.3. The van der Waals surface area contributed by atoms with E-state index in [0.29, 0.717) is 24.4 Å². The molecule has 0 unspecified atom stereocenters. The lowest BCUT2D eigenvalue weighted by Gasteiger charge is -2.31. The van der Waals surface area contributed by atoms with Crippen LogP contribution in [0.1, 0.15) is 70.6 Å². The van der Waals surface area contributed by atoms with Crippen LogP contribution in [0.4, 0.5) is 0 Å². The molecule has 0 saturated heterocycles. The third-order valence-corrected chi connectivity index (χ3v) is 4.88. The summed E-state index contributed by atoms with van der Waals surface area (Å²) in [4.78, 5) is 14.8. The zero-order valence-electron chi connectivity index (χ0n) is 12.3. The Morgan fingerprint density at radius 1 is 1.00 bits per heavy atom. The molecule has 0 aromatic rings. The molecule has 2 aliphatic carbocycles. The number of carbonyl (C=O) groups is 1. The monoisotopic (exact) mass is 266 g/mol. The van der Waals surface area contributed by atoms with Crippen LogP contribution < -0.4 is 5.73 Å². The van der Waals surface area contributed by atoms with Crippen molar-refractivity contribution in [1.82, 2.24) is 4.90 Å². The average Bonchev–Trinajstić information content (AvgIpc) is 2.94. The van der Waals surface area contributed by atoms with Crippen molar-refractivity contribution < 1.29 is 4.79 Å². The fourth-order valence-electron chi connectivity index (χ4n) is 3.74. The van der Waals surface area contributed by atoms with Gasteiger partial charge in [-0.1, -0.05) is 32.1 Å². The zero-order chi connectivity index (χ0) is 13.5. The lowest BCUT2D eigenvalue weighted by Crippen LogP contribution is -2.41. The highest BCUT2D eigenvalue weighted by atomic mass is 16.2. The maximum atomic E-state index is 12.6. The third-order valence-electron chi connectivity index (χ3n) is 4.88. The molecule has 110 valence electrons. The maximum Gasteiger partial charge on any atom is 0.223 e. The highest BCUT2D eigenvalue weighted by Crippen LogP contribution is 2.29. The fourth-order valence-corrected chi connectivity index (χ4v) is 3.74. The molecule has 3 nitrogen and oxygen atoms in total. The van der Waals surface area contributed by atoms with Crippen molar-refractivity contribution in [3.05, 3.63) is 0 Å². The molecule has 0 spiro atoms. The van der Waals surface area contributed by atoms with Crippen molar-refractivity contribution in [2.75, 3.05) is 13.1 Å². The number of hydrogen-bond donors (Lipinski definition) is 1. The van der Waals surface area contributed by atoms with Gasteiger partial charge in [-0.3, -0.25) is 4.79 Å². The number of amides is 1. The third kappa shape index (κ3) is 4.48. The van der Waals surface area contributed by atoms with E-state index in [1.54, 1.807) is 0 Å². The second-order valence-corrected chi connectivity index (χ2v) is 6.38. The molecule has 2 saturated carbocycles. The van der Waals surface area contributed by atoms with Crippen LogP contribution in [0.2, 0.25) is 0 Å². The first-order valence-electron chi connectivity index (χ1n) is 8.31. The molecule has 0 aliphatic heterocycles. The number of hydrogen-bond acceptors (Lipinski definition) is 2. The van der Waals surface area contributed by atoms with Crippen LogP contribution in [0.25, 0.3) is 0 Å². The summed E-state index contributed by atoms with van der Waals surface area (Å²) >= 11 is 0. The molecule has 0 aromatic heterocycles. The van der Waals surface area contributed by atoms with Crippen LogP contribution in [0.15, 0.2) is 0 Å². The Labute approximate surface area is 117 Å². The van der Waals surface area contributed by atoms with Gasteiger partial charge in [0.25, 0.3) is 0 Å². The van der Waals surface area contributed by atoms with Crippen LogP contribution in [0.3, 0.4) is 0 Å². The number of nitrogens with zero attached hydrogens (tertiary/aromatic N) is 1. The van der Waals surface area contributed by atoms with Gasteiger partial charge in [-0.05, 0) is 44.6 Å². The van der Waals surface area contributed by atoms with E-state index >= 15 is 0 Å². The smallest absolute Gasteiger partial charge is 0.223 e. The summed E-state index contributed by atoms with van der Waals surface area (Å²) in [7, 11) is 0. The number of carbonyl (C=O) groups excluding carboxylic acids is 1. The van der Waals surface area contributed by atoms with E-state index in [-0.39, 0.29) is 0 Å². The predicted molar refractivity (Wildman–Crippen MR) is 78.8 cm³/mol. The molecule has 0 heterocycles. The lowest BCUT2D eigenvalue weighted by atomic mass is 9.86. The Kier molecular flexibility index (Phi) is 6.15. The predicted octanol–water partition coefficient (Wildman–Crippen LogP) is 3.08. The molecule has 2 N–H and O–H groups in total. The van der Waals surface area contributed by atoms with Crippen molar-refractivity contribution in [1.29, 1.82) is 0 Å². The highest BCUT2D eigenvalue weighted by molar-refractivity contribution is 5.76. The first-order valence-corrected chi connectivity index (χ1v) is 8.31. The Hall–Kier alpha value is -0.570. The molecule has 0 bridgehead atoms. The minimum atomic E-state index is 0.409. The summed E-state index contributed by atoms with van der Waals surface area (Å²) in [5, 5.41) is 0. The minimum Gasteiger partial charge on any atom is -0.340 e. The molecule has 2 aliphatic rings. The van der Waals surface area contributed by atoms with E-state index in [1.165, 1.54) is 57.8 Å². The topological polar surface area (TPSA) is 46.3 Å².